The first-order valence-electron chi connectivity index (χ1n) is 9.49. The second-order valence-corrected chi connectivity index (χ2v) is 6.97. The third-order valence-electron chi connectivity index (χ3n) is 4.87. The Kier molecular flexibility index (Phi) is 6.79. The summed E-state index contributed by atoms with van der Waals surface area (Å²) in [5, 5.41) is 0. The lowest BCUT2D eigenvalue weighted by molar-refractivity contribution is -0.120. The van der Waals surface area contributed by atoms with E-state index in [1.807, 2.05) is 31.3 Å². The van der Waals surface area contributed by atoms with E-state index >= 15 is 0 Å². The molecule has 1 saturated heterocycles. The summed E-state index contributed by atoms with van der Waals surface area (Å²) in [4.78, 5) is 20.5. The van der Waals surface area contributed by atoms with Gasteiger partial charge >= 0.3 is 0 Å². The lowest BCUT2D eigenvalue weighted by Crippen LogP contribution is -2.53. The molecule has 27 heavy (non-hydrogen) atoms. The first kappa shape index (κ1) is 19.3. The summed E-state index contributed by atoms with van der Waals surface area (Å²) in [5.41, 5.74) is 7.93. The third-order valence-corrected chi connectivity index (χ3v) is 4.87. The number of carbonyl (C=O) groups excluding carboxylic acids is 1. The SMILES string of the molecule is CCOc1ccc(CN2CCN(Cc3cccnc3)CC2CC(N)=O)cc1. The molecule has 1 aromatic carbocycles. The van der Waals surface area contributed by atoms with Gasteiger partial charge in [0.2, 0.25) is 5.91 Å². The van der Waals surface area contributed by atoms with Crippen LogP contribution in [-0.4, -0.2) is 53.0 Å². The summed E-state index contributed by atoms with van der Waals surface area (Å²) in [6, 6.07) is 12.4. The topological polar surface area (TPSA) is 71.7 Å². The molecule has 0 radical (unpaired) electrons. The van der Waals surface area contributed by atoms with E-state index in [9.17, 15) is 4.79 Å². The molecule has 1 atom stereocenters. The van der Waals surface area contributed by atoms with Gasteiger partial charge in [-0.25, -0.2) is 0 Å². The maximum atomic E-state index is 11.6. The molecular formula is C21H28N4O2. The Balaban J connectivity index is 1.63. The number of benzene rings is 1. The van der Waals surface area contributed by atoms with Crippen LogP contribution in [-0.2, 0) is 17.9 Å². The molecule has 144 valence electrons. The van der Waals surface area contributed by atoms with Crippen molar-refractivity contribution in [3.05, 3.63) is 59.9 Å². The fourth-order valence-electron chi connectivity index (χ4n) is 3.58. The monoisotopic (exact) mass is 368 g/mol. The number of nitrogens with two attached hydrogens (primary N) is 1. The fraction of sp³-hybridized carbons (Fsp3) is 0.429. The van der Waals surface area contributed by atoms with Gasteiger partial charge in [0.1, 0.15) is 5.75 Å². The van der Waals surface area contributed by atoms with Gasteiger partial charge in [-0.05, 0) is 36.2 Å². The molecule has 0 spiro atoms. The number of ether oxygens (including phenoxy) is 1. The summed E-state index contributed by atoms with van der Waals surface area (Å²) in [5.74, 6) is 0.635. The zero-order chi connectivity index (χ0) is 19.1. The number of amides is 1. The zero-order valence-corrected chi connectivity index (χ0v) is 15.9. The van der Waals surface area contributed by atoms with Crippen LogP contribution >= 0.6 is 0 Å². The minimum atomic E-state index is -0.250. The van der Waals surface area contributed by atoms with Gasteiger partial charge in [0.15, 0.2) is 0 Å². The zero-order valence-electron chi connectivity index (χ0n) is 15.9. The van der Waals surface area contributed by atoms with E-state index in [0.717, 1.165) is 38.5 Å². The van der Waals surface area contributed by atoms with Gasteiger partial charge in [-0.1, -0.05) is 18.2 Å². The summed E-state index contributed by atoms with van der Waals surface area (Å²) in [7, 11) is 0. The number of nitrogens with zero attached hydrogens (tertiary/aromatic N) is 3. The number of piperazine rings is 1. The van der Waals surface area contributed by atoms with E-state index in [0.29, 0.717) is 13.0 Å². The van der Waals surface area contributed by atoms with Gasteiger partial charge in [-0.3, -0.25) is 19.6 Å². The van der Waals surface area contributed by atoms with E-state index in [-0.39, 0.29) is 11.9 Å². The van der Waals surface area contributed by atoms with E-state index in [1.54, 1.807) is 6.20 Å². The highest BCUT2D eigenvalue weighted by molar-refractivity contribution is 5.74. The maximum absolute atomic E-state index is 11.6. The standard InChI is InChI=1S/C21H28N4O2/c1-2-27-20-7-5-17(6-8-20)15-25-11-10-24(16-19(25)12-21(22)26)14-18-4-3-9-23-13-18/h3-9,13,19H,2,10-12,14-16H2,1H3,(H2,22,26). The quantitative estimate of drug-likeness (QED) is 0.772. The summed E-state index contributed by atoms with van der Waals surface area (Å²) in [6.45, 7) is 7.00. The second kappa shape index (κ2) is 9.48. The summed E-state index contributed by atoms with van der Waals surface area (Å²) >= 11 is 0. The minimum Gasteiger partial charge on any atom is -0.494 e. The molecule has 2 aromatic rings. The molecule has 1 unspecified atom stereocenters. The third kappa shape index (κ3) is 5.77. The predicted molar refractivity (Wildman–Crippen MR) is 105 cm³/mol. The van der Waals surface area contributed by atoms with Crippen LogP contribution in [0.5, 0.6) is 5.75 Å². The number of primary amides is 1. The van der Waals surface area contributed by atoms with Crippen molar-refractivity contribution in [2.24, 2.45) is 5.73 Å². The van der Waals surface area contributed by atoms with Gasteiger partial charge in [-0.2, -0.15) is 0 Å². The van der Waals surface area contributed by atoms with E-state index in [4.69, 9.17) is 10.5 Å². The molecule has 1 amide bonds. The number of hydrogen-bond donors (Lipinski definition) is 1. The van der Waals surface area contributed by atoms with E-state index in [1.165, 1.54) is 11.1 Å². The van der Waals surface area contributed by atoms with Gasteiger partial charge in [-0.15, -0.1) is 0 Å². The van der Waals surface area contributed by atoms with E-state index < -0.39 is 0 Å². The molecule has 0 saturated carbocycles. The normalized spacial score (nSPS) is 18.3. The highest BCUT2D eigenvalue weighted by atomic mass is 16.5. The van der Waals surface area contributed by atoms with Crippen molar-refractivity contribution in [1.29, 1.82) is 0 Å². The molecule has 2 N–H and O–H groups in total. The highest BCUT2D eigenvalue weighted by Crippen LogP contribution is 2.20. The Morgan fingerprint density at radius 2 is 2.00 bits per heavy atom. The van der Waals surface area contributed by atoms with Crippen molar-refractivity contribution in [3.8, 4) is 5.75 Å². The Morgan fingerprint density at radius 1 is 1.19 bits per heavy atom. The highest BCUT2D eigenvalue weighted by Gasteiger charge is 2.28. The van der Waals surface area contributed by atoms with Crippen LogP contribution in [0.2, 0.25) is 0 Å². The molecule has 1 aromatic heterocycles. The lowest BCUT2D eigenvalue weighted by Gasteiger charge is -2.41. The average Bonchev–Trinajstić information content (AvgIpc) is 2.66. The molecular weight excluding hydrogens is 340 g/mol. The van der Waals surface area contributed by atoms with Crippen LogP contribution < -0.4 is 10.5 Å². The van der Waals surface area contributed by atoms with Gasteiger partial charge in [0.05, 0.1) is 6.61 Å². The van der Waals surface area contributed by atoms with Crippen molar-refractivity contribution in [2.45, 2.75) is 32.5 Å². The second-order valence-electron chi connectivity index (χ2n) is 6.97. The van der Waals surface area contributed by atoms with Crippen LogP contribution in [0.25, 0.3) is 0 Å². The number of carbonyl (C=O) groups is 1. The predicted octanol–water partition coefficient (Wildman–Crippen LogP) is 2.04. The Labute approximate surface area is 160 Å². The molecule has 1 aliphatic rings. The van der Waals surface area contributed by atoms with Crippen molar-refractivity contribution < 1.29 is 9.53 Å². The van der Waals surface area contributed by atoms with Crippen molar-refractivity contribution in [1.82, 2.24) is 14.8 Å². The molecule has 3 rings (SSSR count). The van der Waals surface area contributed by atoms with Crippen LogP contribution in [0.15, 0.2) is 48.8 Å². The summed E-state index contributed by atoms with van der Waals surface area (Å²) in [6.07, 6.45) is 4.06. The Hall–Kier alpha value is -2.44. The Morgan fingerprint density at radius 3 is 2.67 bits per heavy atom. The smallest absolute Gasteiger partial charge is 0.219 e. The molecule has 1 aliphatic heterocycles. The van der Waals surface area contributed by atoms with Crippen LogP contribution in [0, 0.1) is 0 Å². The van der Waals surface area contributed by atoms with Gasteiger partial charge in [0.25, 0.3) is 0 Å². The Bertz CT molecular complexity index is 721. The number of rotatable bonds is 8. The minimum absolute atomic E-state index is 0.125. The van der Waals surface area contributed by atoms with E-state index in [2.05, 4.69) is 33.0 Å². The lowest BCUT2D eigenvalue weighted by atomic mass is 10.1. The molecule has 0 bridgehead atoms. The molecule has 6 nitrogen and oxygen atoms in total. The number of pyridine rings is 1. The molecule has 6 heteroatoms. The maximum Gasteiger partial charge on any atom is 0.219 e. The number of hydrogen-bond acceptors (Lipinski definition) is 5. The first-order chi connectivity index (χ1) is 13.1. The largest absolute Gasteiger partial charge is 0.494 e. The number of aromatic nitrogens is 1. The first-order valence-corrected chi connectivity index (χ1v) is 9.49. The molecule has 2 heterocycles. The fourth-order valence-corrected chi connectivity index (χ4v) is 3.58. The van der Waals surface area contributed by atoms with Crippen LogP contribution in [0.1, 0.15) is 24.5 Å². The van der Waals surface area contributed by atoms with Crippen molar-refractivity contribution >= 4 is 5.91 Å². The van der Waals surface area contributed by atoms with Gasteiger partial charge < -0.3 is 10.5 Å². The van der Waals surface area contributed by atoms with Gasteiger partial charge in [0, 0.05) is 57.6 Å². The van der Waals surface area contributed by atoms with Crippen molar-refractivity contribution in [3.63, 3.8) is 0 Å². The average molecular weight is 368 g/mol. The molecule has 0 aliphatic carbocycles. The van der Waals surface area contributed by atoms with Crippen LogP contribution in [0.4, 0.5) is 0 Å². The molecule has 1 fully saturated rings. The van der Waals surface area contributed by atoms with Crippen molar-refractivity contribution in [2.75, 3.05) is 26.2 Å². The van der Waals surface area contributed by atoms with Crippen LogP contribution in [0.3, 0.4) is 0 Å². The summed E-state index contributed by atoms with van der Waals surface area (Å²) < 4.78 is 5.51.